The van der Waals surface area contributed by atoms with Crippen LogP contribution in [0.1, 0.15) is 28.9 Å². The molecule has 150 valence electrons. The van der Waals surface area contributed by atoms with E-state index in [4.69, 9.17) is 4.42 Å². The Morgan fingerprint density at radius 1 is 1.28 bits per heavy atom. The molecule has 1 aliphatic heterocycles. The van der Waals surface area contributed by atoms with E-state index < -0.39 is 0 Å². The van der Waals surface area contributed by atoms with Crippen molar-refractivity contribution in [3.8, 4) is 10.8 Å². The molecule has 1 aliphatic rings. The van der Waals surface area contributed by atoms with Gasteiger partial charge >= 0.3 is 0 Å². The first-order chi connectivity index (χ1) is 14.1. The van der Waals surface area contributed by atoms with E-state index in [-0.39, 0.29) is 30.1 Å². The van der Waals surface area contributed by atoms with E-state index in [1.165, 1.54) is 35.6 Å². The van der Waals surface area contributed by atoms with Crippen LogP contribution in [0.5, 0.6) is 0 Å². The highest BCUT2D eigenvalue weighted by atomic mass is 32.1. The number of nitrogens with one attached hydrogen (secondary N) is 1. The smallest absolute Gasteiger partial charge is 0.253 e. The molecule has 1 atom stereocenters. The Morgan fingerprint density at radius 2 is 2.10 bits per heavy atom. The van der Waals surface area contributed by atoms with Gasteiger partial charge in [-0.1, -0.05) is 6.07 Å². The van der Waals surface area contributed by atoms with Crippen LogP contribution in [0.15, 0.2) is 52.5 Å². The highest BCUT2D eigenvalue weighted by molar-refractivity contribution is 7.13. The van der Waals surface area contributed by atoms with Gasteiger partial charge in [-0.05, 0) is 48.6 Å². The lowest BCUT2D eigenvalue weighted by molar-refractivity contribution is -0.126. The molecule has 1 saturated heterocycles. The van der Waals surface area contributed by atoms with Gasteiger partial charge in [0.05, 0.1) is 23.0 Å². The van der Waals surface area contributed by atoms with Crippen molar-refractivity contribution in [2.24, 2.45) is 5.92 Å². The lowest BCUT2D eigenvalue weighted by Crippen LogP contribution is -2.45. The second-order valence-corrected chi connectivity index (χ2v) is 7.88. The number of benzene rings is 1. The summed E-state index contributed by atoms with van der Waals surface area (Å²) in [4.78, 5) is 32.2. The molecule has 6 nitrogen and oxygen atoms in total. The van der Waals surface area contributed by atoms with E-state index in [2.05, 4.69) is 10.3 Å². The largest absolute Gasteiger partial charge is 0.443 e. The van der Waals surface area contributed by atoms with Crippen molar-refractivity contribution < 1.29 is 18.4 Å². The third-order valence-electron chi connectivity index (χ3n) is 4.90. The average molecular weight is 413 g/mol. The van der Waals surface area contributed by atoms with Gasteiger partial charge in [0.15, 0.2) is 0 Å². The van der Waals surface area contributed by atoms with Gasteiger partial charge in [-0.3, -0.25) is 9.59 Å². The van der Waals surface area contributed by atoms with Gasteiger partial charge in [0, 0.05) is 18.7 Å². The van der Waals surface area contributed by atoms with Crippen LogP contribution >= 0.6 is 11.3 Å². The third-order valence-corrected chi connectivity index (χ3v) is 5.76. The number of halogens is 1. The molecule has 3 aromatic rings. The maximum atomic E-state index is 13.1. The van der Waals surface area contributed by atoms with Crippen molar-refractivity contribution in [1.29, 1.82) is 0 Å². The van der Waals surface area contributed by atoms with Crippen molar-refractivity contribution in [2.75, 3.05) is 13.1 Å². The number of carbonyl (C=O) groups excluding carboxylic acids is 2. The number of amides is 2. The number of aromatic nitrogens is 1. The van der Waals surface area contributed by atoms with Crippen molar-refractivity contribution in [3.63, 3.8) is 0 Å². The van der Waals surface area contributed by atoms with E-state index in [1.54, 1.807) is 11.2 Å². The summed E-state index contributed by atoms with van der Waals surface area (Å²) in [5, 5.41) is 4.84. The zero-order valence-electron chi connectivity index (χ0n) is 15.6. The topological polar surface area (TPSA) is 75.4 Å². The van der Waals surface area contributed by atoms with Crippen LogP contribution in [0.4, 0.5) is 4.39 Å². The predicted molar refractivity (Wildman–Crippen MR) is 107 cm³/mol. The number of hydrogen-bond acceptors (Lipinski definition) is 5. The fourth-order valence-electron chi connectivity index (χ4n) is 3.37. The Hall–Kier alpha value is -3.00. The Bertz CT molecular complexity index is 985. The Kier molecular flexibility index (Phi) is 5.71. The van der Waals surface area contributed by atoms with E-state index in [0.717, 1.165) is 17.7 Å². The lowest BCUT2D eigenvalue weighted by atomic mass is 9.96. The third kappa shape index (κ3) is 4.54. The van der Waals surface area contributed by atoms with Crippen LogP contribution in [-0.4, -0.2) is 34.8 Å². The Labute approximate surface area is 171 Å². The molecule has 8 heteroatoms. The van der Waals surface area contributed by atoms with Crippen LogP contribution in [0, 0.1) is 11.7 Å². The summed E-state index contributed by atoms with van der Waals surface area (Å²) in [6.07, 6.45) is 3.01. The maximum Gasteiger partial charge on any atom is 0.253 e. The van der Waals surface area contributed by atoms with E-state index >= 15 is 0 Å². The molecule has 0 saturated carbocycles. The molecule has 2 amide bonds. The minimum absolute atomic E-state index is 0.109. The Balaban J connectivity index is 1.33. The fourth-order valence-corrected chi connectivity index (χ4v) is 4.03. The first-order valence-corrected chi connectivity index (χ1v) is 10.3. The van der Waals surface area contributed by atoms with E-state index in [9.17, 15) is 14.0 Å². The van der Waals surface area contributed by atoms with Crippen LogP contribution in [-0.2, 0) is 11.3 Å². The molecular formula is C21H20FN3O3S. The number of likely N-dealkylation sites (tertiary alicyclic amines) is 1. The van der Waals surface area contributed by atoms with Crippen molar-refractivity contribution in [2.45, 2.75) is 19.4 Å². The molecule has 0 spiro atoms. The fraction of sp³-hybridized carbons (Fsp3) is 0.286. The molecule has 29 heavy (non-hydrogen) atoms. The molecule has 1 fully saturated rings. The van der Waals surface area contributed by atoms with Crippen LogP contribution in [0.2, 0.25) is 0 Å². The first kappa shape index (κ1) is 19.3. The molecule has 1 aromatic carbocycles. The number of nitrogens with zero attached hydrogens (tertiary/aromatic N) is 2. The molecule has 0 unspecified atom stereocenters. The SMILES string of the molecule is O=C(NCc1coc(-c2cccs2)n1)[C@@H]1CCCN(C(=O)c2ccc(F)cc2)C1. The minimum atomic E-state index is -0.382. The number of thiophene rings is 1. The summed E-state index contributed by atoms with van der Waals surface area (Å²) in [6.45, 7) is 1.21. The van der Waals surface area contributed by atoms with Gasteiger partial charge in [0.2, 0.25) is 11.8 Å². The first-order valence-electron chi connectivity index (χ1n) is 9.41. The standard InChI is InChI=1S/C21H20FN3O3S/c22-16-7-5-14(6-8-16)21(27)25-9-1-3-15(12-25)19(26)23-11-17-13-28-20(24-17)18-4-2-10-29-18/h2,4-8,10,13,15H,1,3,9,11-12H2,(H,23,26)/t15-/m1/s1. The van der Waals surface area contributed by atoms with Crippen LogP contribution < -0.4 is 5.32 Å². The number of oxazole rings is 1. The monoisotopic (exact) mass is 413 g/mol. The molecule has 4 rings (SSSR count). The van der Waals surface area contributed by atoms with Gasteiger partial charge < -0.3 is 14.6 Å². The maximum absolute atomic E-state index is 13.1. The zero-order chi connectivity index (χ0) is 20.2. The van der Waals surface area contributed by atoms with Crippen LogP contribution in [0.3, 0.4) is 0 Å². The van der Waals surface area contributed by atoms with Crippen molar-refractivity contribution in [1.82, 2.24) is 15.2 Å². The molecule has 0 aliphatic carbocycles. The molecule has 2 aromatic heterocycles. The predicted octanol–water partition coefficient (Wildman–Crippen LogP) is 3.71. The summed E-state index contributed by atoms with van der Waals surface area (Å²) in [5.74, 6) is -0.413. The number of carbonyl (C=O) groups is 2. The van der Waals surface area contributed by atoms with Gasteiger partial charge in [0.25, 0.3) is 5.91 Å². The quantitative estimate of drug-likeness (QED) is 0.692. The van der Waals surface area contributed by atoms with E-state index in [1.807, 2.05) is 17.5 Å². The van der Waals surface area contributed by atoms with Gasteiger partial charge in [-0.15, -0.1) is 11.3 Å². The number of hydrogen-bond donors (Lipinski definition) is 1. The Morgan fingerprint density at radius 3 is 2.86 bits per heavy atom. The molecule has 3 heterocycles. The average Bonchev–Trinajstić information content (AvgIpc) is 3.44. The second-order valence-electron chi connectivity index (χ2n) is 6.94. The molecule has 0 radical (unpaired) electrons. The number of rotatable bonds is 5. The normalized spacial score (nSPS) is 16.6. The lowest BCUT2D eigenvalue weighted by Gasteiger charge is -2.32. The highest BCUT2D eigenvalue weighted by Crippen LogP contribution is 2.24. The minimum Gasteiger partial charge on any atom is -0.443 e. The van der Waals surface area contributed by atoms with E-state index in [0.29, 0.717) is 30.2 Å². The van der Waals surface area contributed by atoms with Crippen LogP contribution in [0.25, 0.3) is 10.8 Å². The van der Waals surface area contributed by atoms with Crippen molar-refractivity contribution >= 4 is 23.2 Å². The summed E-state index contributed by atoms with van der Waals surface area (Å²) in [5.41, 5.74) is 1.08. The molecule has 1 N–H and O–H groups in total. The zero-order valence-corrected chi connectivity index (χ0v) is 16.5. The van der Waals surface area contributed by atoms with Gasteiger partial charge in [-0.25, -0.2) is 9.37 Å². The summed E-state index contributed by atoms with van der Waals surface area (Å²) in [7, 11) is 0. The second kappa shape index (κ2) is 8.57. The summed E-state index contributed by atoms with van der Waals surface area (Å²) in [6, 6.07) is 9.32. The molecule has 0 bridgehead atoms. The van der Waals surface area contributed by atoms with Crippen molar-refractivity contribution in [3.05, 3.63) is 65.1 Å². The van der Waals surface area contributed by atoms with Gasteiger partial charge in [0.1, 0.15) is 12.1 Å². The summed E-state index contributed by atoms with van der Waals surface area (Å²) >= 11 is 1.54. The highest BCUT2D eigenvalue weighted by Gasteiger charge is 2.29. The summed E-state index contributed by atoms with van der Waals surface area (Å²) < 4.78 is 18.5. The van der Waals surface area contributed by atoms with Gasteiger partial charge in [-0.2, -0.15) is 0 Å². The molecular weight excluding hydrogens is 393 g/mol. The number of piperidine rings is 1.